The van der Waals surface area contributed by atoms with Gasteiger partial charge in [0.05, 0.1) is 36.7 Å². The predicted octanol–water partition coefficient (Wildman–Crippen LogP) is 2.68. The minimum absolute atomic E-state index is 0.241. The Balaban J connectivity index is 1.86. The van der Waals surface area contributed by atoms with E-state index in [1.165, 1.54) is 24.1 Å². The third-order valence-corrected chi connectivity index (χ3v) is 6.37. The van der Waals surface area contributed by atoms with Gasteiger partial charge in [0, 0.05) is 37.8 Å². The molecule has 0 aliphatic heterocycles. The minimum atomic E-state index is -0.797. The summed E-state index contributed by atoms with van der Waals surface area (Å²) >= 11 is 0. The van der Waals surface area contributed by atoms with Gasteiger partial charge in [0.25, 0.3) is 11.5 Å². The number of hydrogen-bond donors (Lipinski definition) is 2. The van der Waals surface area contributed by atoms with Gasteiger partial charge in [-0.15, -0.1) is 0 Å². The first-order valence-electron chi connectivity index (χ1n) is 11.8. The van der Waals surface area contributed by atoms with Gasteiger partial charge < -0.3 is 19.7 Å². The Morgan fingerprint density at radius 1 is 1.32 bits per heavy atom. The number of benzene rings is 1. The second kappa shape index (κ2) is 11.1. The van der Waals surface area contributed by atoms with Gasteiger partial charge in [-0.1, -0.05) is 30.3 Å². The molecule has 0 aliphatic carbocycles. The Labute approximate surface area is 218 Å². The maximum Gasteiger partial charge on any atom is 0.296 e. The van der Waals surface area contributed by atoms with Crippen LogP contribution in [0.5, 0.6) is 5.75 Å². The minimum Gasteiger partial charge on any atom is -0.501 e. The Hall–Kier alpha value is -4.76. The SMILES string of the molecule is COCCn1cc(C(c2ccccc2C#N)C(C)c2nc(C(=O)Nc3cnoc3)c(O)c(=O)n2C)c(C)n1. The quantitative estimate of drug-likeness (QED) is 0.340. The summed E-state index contributed by atoms with van der Waals surface area (Å²) in [6.07, 6.45) is 4.37. The second-order valence-electron chi connectivity index (χ2n) is 8.79. The summed E-state index contributed by atoms with van der Waals surface area (Å²) in [5.74, 6) is -2.32. The van der Waals surface area contributed by atoms with Crippen molar-refractivity contribution in [2.75, 3.05) is 19.0 Å². The number of aromatic nitrogens is 5. The average Bonchev–Trinajstić information content (AvgIpc) is 3.56. The van der Waals surface area contributed by atoms with Crippen LogP contribution in [0.15, 0.2) is 52.2 Å². The summed E-state index contributed by atoms with van der Waals surface area (Å²) in [6.45, 7) is 4.72. The van der Waals surface area contributed by atoms with Crippen molar-refractivity contribution in [1.29, 1.82) is 5.26 Å². The van der Waals surface area contributed by atoms with Crippen LogP contribution >= 0.6 is 0 Å². The summed E-state index contributed by atoms with van der Waals surface area (Å²) in [5.41, 5.74) is 1.77. The molecular formula is C26H27N7O5. The van der Waals surface area contributed by atoms with E-state index in [2.05, 4.69) is 26.6 Å². The fourth-order valence-corrected chi connectivity index (χ4v) is 4.49. The standard InChI is InChI=1S/C26H27N7O5/c1-15(24-30-22(23(34)26(36)32(24)3)25(35)29-18-12-28-38-14-18)21(19-8-6-5-7-17(19)11-27)20-13-33(9-10-37-4)31-16(20)2/h5-8,12-15,21,34H,9-10H2,1-4H3,(H,29,35). The van der Waals surface area contributed by atoms with Gasteiger partial charge in [-0.2, -0.15) is 10.4 Å². The second-order valence-corrected chi connectivity index (χ2v) is 8.79. The van der Waals surface area contributed by atoms with Gasteiger partial charge in [0.2, 0.25) is 5.75 Å². The van der Waals surface area contributed by atoms with Crippen molar-refractivity contribution in [3.8, 4) is 11.8 Å². The lowest BCUT2D eigenvalue weighted by Crippen LogP contribution is -2.29. The van der Waals surface area contributed by atoms with E-state index >= 15 is 0 Å². The van der Waals surface area contributed by atoms with Crippen molar-refractivity contribution in [2.24, 2.45) is 7.05 Å². The van der Waals surface area contributed by atoms with Gasteiger partial charge in [-0.3, -0.25) is 18.8 Å². The highest BCUT2D eigenvalue weighted by Gasteiger charge is 2.32. The normalized spacial score (nSPS) is 12.6. The van der Waals surface area contributed by atoms with Crippen LogP contribution in [0.1, 0.15) is 57.5 Å². The number of carbonyl (C=O) groups excluding carboxylic acids is 1. The molecule has 196 valence electrons. The lowest BCUT2D eigenvalue weighted by molar-refractivity contribution is 0.101. The Bertz CT molecular complexity index is 1550. The predicted molar refractivity (Wildman–Crippen MR) is 136 cm³/mol. The summed E-state index contributed by atoms with van der Waals surface area (Å²) < 4.78 is 12.9. The third kappa shape index (κ3) is 5.05. The van der Waals surface area contributed by atoms with Crippen LogP contribution < -0.4 is 10.9 Å². The summed E-state index contributed by atoms with van der Waals surface area (Å²) in [6, 6.07) is 9.43. The van der Waals surface area contributed by atoms with Gasteiger partial charge in [0.15, 0.2) is 5.69 Å². The number of carbonyl (C=O) groups is 1. The van der Waals surface area contributed by atoms with Crippen molar-refractivity contribution < 1.29 is 19.2 Å². The molecule has 38 heavy (non-hydrogen) atoms. The molecule has 0 saturated heterocycles. The van der Waals surface area contributed by atoms with E-state index in [0.29, 0.717) is 18.7 Å². The van der Waals surface area contributed by atoms with Crippen molar-refractivity contribution in [1.82, 2.24) is 24.5 Å². The molecule has 2 unspecified atom stereocenters. The molecule has 12 nitrogen and oxygen atoms in total. The zero-order chi connectivity index (χ0) is 27.4. The highest BCUT2D eigenvalue weighted by Crippen LogP contribution is 2.40. The van der Waals surface area contributed by atoms with E-state index < -0.39 is 34.7 Å². The molecule has 0 spiro atoms. The highest BCUT2D eigenvalue weighted by atomic mass is 16.5. The molecule has 0 radical (unpaired) electrons. The third-order valence-electron chi connectivity index (χ3n) is 6.37. The maximum atomic E-state index is 13.0. The molecule has 4 rings (SSSR count). The van der Waals surface area contributed by atoms with Gasteiger partial charge >= 0.3 is 0 Å². The number of ether oxygens (including phenoxy) is 1. The fourth-order valence-electron chi connectivity index (χ4n) is 4.49. The summed E-state index contributed by atoms with van der Waals surface area (Å²) in [4.78, 5) is 30.4. The summed E-state index contributed by atoms with van der Waals surface area (Å²) in [7, 11) is 3.09. The van der Waals surface area contributed by atoms with Crippen LogP contribution in [0.2, 0.25) is 0 Å². The van der Waals surface area contributed by atoms with Crippen LogP contribution in [-0.2, 0) is 18.3 Å². The molecule has 0 fully saturated rings. The van der Waals surface area contributed by atoms with Gasteiger partial charge in [-0.05, 0) is 18.6 Å². The van der Waals surface area contributed by atoms with E-state index in [1.54, 1.807) is 23.9 Å². The molecule has 0 bridgehead atoms. The van der Waals surface area contributed by atoms with Gasteiger partial charge in [0.1, 0.15) is 17.8 Å². The van der Waals surface area contributed by atoms with E-state index in [4.69, 9.17) is 9.26 Å². The molecule has 0 aliphatic rings. The Morgan fingerprint density at radius 2 is 2.08 bits per heavy atom. The number of anilines is 1. The van der Waals surface area contributed by atoms with Crippen LogP contribution in [0.25, 0.3) is 0 Å². The van der Waals surface area contributed by atoms with Crippen molar-refractivity contribution in [2.45, 2.75) is 32.2 Å². The highest BCUT2D eigenvalue weighted by molar-refractivity contribution is 6.04. The zero-order valence-corrected chi connectivity index (χ0v) is 21.4. The van der Waals surface area contributed by atoms with E-state index in [1.807, 2.05) is 32.2 Å². The maximum absolute atomic E-state index is 13.0. The largest absolute Gasteiger partial charge is 0.501 e. The van der Waals surface area contributed by atoms with Crippen LogP contribution in [0.3, 0.4) is 0 Å². The molecule has 0 saturated carbocycles. The number of aromatic hydroxyl groups is 1. The smallest absolute Gasteiger partial charge is 0.296 e. The molecule has 1 amide bonds. The number of amides is 1. The van der Waals surface area contributed by atoms with E-state index in [9.17, 15) is 20.0 Å². The lowest BCUT2D eigenvalue weighted by atomic mass is 9.79. The number of aryl methyl sites for hydroxylation is 1. The van der Waals surface area contributed by atoms with Crippen LogP contribution in [0.4, 0.5) is 5.69 Å². The number of nitrogens with zero attached hydrogens (tertiary/aromatic N) is 6. The lowest BCUT2D eigenvalue weighted by Gasteiger charge is -2.26. The molecule has 1 aromatic carbocycles. The fraction of sp³-hybridized carbons (Fsp3) is 0.308. The van der Waals surface area contributed by atoms with Crippen molar-refractivity contribution >= 4 is 11.6 Å². The number of rotatable bonds is 9. The molecule has 4 aromatic rings. The molecule has 3 aromatic heterocycles. The molecule has 12 heteroatoms. The van der Waals surface area contributed by atoms with E-state index in [0.717, 1.165) is 16.8 Å². The average molecular weight is 518 g/mol. The van der Waals surface area contributed by atoms with Crippen molar-refractivity contribution in [3.63, 3.8) is 0 Å². The van der Waals surface area contributed by atoms with E-state index in [-0.39, 0.29) is 11.5 Å². The first-order chi connectivity index (χ1) is 18.3. The zero-order valence-electron chi connectivity index (χ0n) is 21.4. The van der Waals surface area contributed by atoms with Gasteiger partial charge in [-0.25, -0.2) is 4.98 Å². The first kappa shape index (κ1) is 26.3. The number of nitriles is 1. The Kier molecular flexibility index (Phi) is 7.68. The molecule has 3 heterocycles. The topological polar surface area (TPSA) is 161 Å². The van der Waals surface area contributed by atoms with Crippen LogP contribution in [0, 0.1) is 18.3 Å². The molecule has 2 N–H and O–H groups in total. The first-order valence-corrected chi connectivity index (χ1v) is 11.8. The summed E-state index contributed by atoms with van der Waals surface area (Å²) in [5, 5.41) is 31.0. The number of hydrogen-bond acceptors (Lipinski definition) is 9. The number of nitrogens with one attached hydrogen (secondary N) is 1. The molecule has 2 atom stereocenters. The van der Waals surface area contributed by atoms with Crippen LogP contribution in [-0.4, -0.2) is 49.2 Å². The number of methoxy groups -OCH3 is 1. The van der Waals surface area contributed by atoms with Crippen molar-refractivity contribution in [3.05, 3.63) is 87.2 Å². The monoisotopic (exact) mass is 517 g/mol. The molecular weight excluding hydrogens is 490 g/mol. The Morgan fingerprint density at radius 3 is 2.76 bits per heavy atom.